The summed E-state index contributed by atoms with van der Waals surface area (Å²) < 4.78 is 5.09. The first kappa shape index (κ1) is 11.7. The summed E-state index contributed by atoms with van der Waals surface area (Å²) in [5.41, 5.74) is 1.16. The summed E-state index contributed by atoms with van der Waals surface area (Å²) in [7, 11) is 1.57. The number of benzene rings is 2. The highest BCUT2D eigenvalue weighted by Gasteiger charge is 2.09. The van der Waals surface area contributed by atoms with Gasteiger partial charge in [-0.25, -0.2) is 0 Å². The lowest BCUT2D eigenvalue weighted by Crippen LogP contribution is -2.01. The molecule has 0 aliphatic carbocycles. The molecule has 0 spiro atoms. The number of ether oxygens (including phenoxy) is 1. The minimum atomic E-state index is -0.0635. The Kier molecular flexibility index (Phi) is 3.45. The lowest BCUT2D eigenvalue weighted by atomic mass is 10.0. The minimum Gasteiger partial charge on any atom is -0.497 e. The highest BCUT2D eigenvalue weighted by molar-refractivity contribution is 6.31. The highest BCUT2D eigenvalue weighted by Crippen LogP contribution is 2.18. The van der Waals surface area contributed by atoms with Gasteiger partial charge in [-0.3, -0.25) is 4.79 Å². The molecule has 0 unspecified atom stereocenters. The minimum absolute atomic E-state index is 0.0635. The molecule has 2 rings (SSSR count). The van der Waals surface area contributed by atoms with Crippen LogP contribution in [0.2, 0.25) is 5.02 Å². The number of carbonyl (C=O) groups is 1. The average Bonchev–Trinajstić information content (AvgIpc) is 2.38. The van der Waals surface area contributed by atoms with Crippen LogP contribution in [-0.4, -0.2) is 12.9 Å². The second-order valence-electron chi connectivity index (χ2n) is 3.57. The van der Waals surface area contributed by atoms with Gasteiger partial charge >= 0.3 is 0 Å². The van der Waals surface area contributed by atoms with Crippen LogP contribution in [0.15, 0.2) is 48.5 Å². The Morgan fingerprint density at radius 2 is 1.71 bits per heavy atom. The Morgan fingerprint density at radius 1 is 1.06 bits per heavy atom. The predicted octanol–water partition coefficient (Wildman–Crippen LogP) is 3.58. The van der Waals surface area contributed by atoms with Crippen molar-refractivity contribution < 1.29 is 9.53 Å². The summed E-state index contributed by atoms with van der Waals surface area (Å²) in [5, 5.41) is 0.554. The van der Waals surface area contributed by atoms with E-state index in [9.17, 15) is 4.79 Å². The van der Waals surface area contributed by atoms with Crippen LogP contribution < -0.4 is 4.74 Å². The standard InChI is InChI=1S/C14H11ClO2/c1-17-13-7-3-5-11(9-13)14(16)10-4-2-6-12(15)8-10/h2-9H,1H3. The van der Waals surface area contributed by atoms with Gasteiger partial charge in [-0.15, -0.1) is 0 Å². The molecule has 0 atom stereocenters. The van der Waals surface area contributed by atoms with Gasteiger partial charge < -0.3 is 4.74 Å². The maximum Gasteiger partial charge on any atom is 0.193 e. The van der Waals surface area contributed by atoms with E-state index in [0.717, 1.165) is 0 Å². The zero-order chi connectivity index (χ0) is 12.3. The monoisotopic (exact) mass is 246 g/mol. The van der Waals surface area contributed by atoms with Crippen molar-refractivity contribution in [2.75, 3.05) is 7.11 Å². The Balaban J connectivity index is 2.36. The van der Waals surface area contributed by atoms with Gasteiger partial charge in [-0.2, -0.15) is 0 Å². The maximum atomic E-state index is 12.2. The molecule has 0 heterocycles. The van der Waals surface area contributed by atoms with Crippen molar-refractivity contribution in [3.8, 4) is 5.75 Å². The number of halogens is 1. The van der Waals surface area contributed by atoms with E-state index in [1.807, 2.05) is 0 Å². The second-order valence-corrected chi connectivity index (χ2v) is 4.01. The number of ketones is 1. The van der Waals surface area contributed by atoms with Crippen LogP contribution in [0.3, 0.4) is 0 Å². The zero-order valence-corrected chi connectivity index (χ0v) is 10.1. The van der Waals surface area contributed by atoms with E-state index < -0.39 is 0 Å². The maximum absolute atomic E-state index is 12.2. The van der Waals surface area contributed by atoms with E-state index in [1.54, 1.807) is 55.6 Å². The van der Waals surface area contributed by atoms with Crippen molar-refractivity contribution in [2.24, 2.45) is 0 Å². The summed E-state index contributed by atoms with van der Waals surface area (Å²) in [5.74, 6) is 0.601. The van der Waals surface area contributed by atoms with Crippen molar-refractivity contribution in [1.82, 2.24) is 0 Å². The molecule has 2 aromatic rings. The molecule has 0 saturated heterocycles. The first-order valence-corrected chi connectivity index (χ1v) is 5.53. The third kappa shape index (κ3) is 2.66. The summed E-state index contributed by atoms with van der Waals surface area (Å²) in [6.07, 6.45) is 0. The van der Waals surface area contributed by atoms with Gasteiger partial charge in [-0.1, -0.05) is 35.9 Å². The number of carbonyl (C=O) groups excluding carboxylic acids is 1. The Hall–Kier alpha value is -1.80. The van der Waals surface area contributed by atoms with Crippen LogP contribution in [-0.2, 0) is 0 Å². The fourth-order valence-electron chi connectivity index (χ4n) is 1.56. The molecule has 0 fully saturated rings. The molecule has 2 aromatic carbocycles. The van der Waals surface area contributed by atoms with E-state index in [2.05, 4.69) is 0 Å². The zero-order valence-electron chi connectivity index (χ0n) is 9.31. The lowest BCUT2D eigenvalue weighted by molar-refractivity contribution is 0.103. The molecule has 0 aliphatic rings. The van der Waals surface area contributed by atoms with Gasteiger partial charge in [-0.05, 0) is 24.3 Å². The molecule has 0 saturated carbocycles. The normalized spacial score (nSPS) is 10.0. The van der Waals surface area contributed by atoms with Crippen LogP contribution in [0.1, 0.15) is 15.9 Å². The number of methoxy groups -OCH3 is 1. The Labute approximate surface area is 105 Å². The van der Waals surface area contributed by atoms with Gasteiger partial charge in [0.2, 0.25) is 0 Å². The van der Waals surface area contributed by atoms with Crippen molar-refractivity contribution in [2.45, 2.75) is 0 Å². The molecular formula is C14H11ClO2. The van der Waals surface area contributed by atoms with Gasteiger partial charge in [0.25, 0.3) is 0 Å². The third-order valence-corrected chi connectivity index (χ3v) is 2.65. The summed E-state index contributed by atoms with van der Waals surface area (Å²) in [4.78, 5) is 12.2. The molecular weight excluding hydrogens is 236 g/mol. The molecule has 0 N–H and O–H groups in total. The molecule has 0 radical (unpaired) electrons. The molecule has 0 aliphatic heterocycles. The van der Waals surface area contributed by atoms with Crippen LogP contribution in [0.25, 0.3) is 0 Å². The van der Waals surface area contributed by atoms with E-state index in [4.69, 9.17) is 16.3 Å². The van der Waals surface area contributed by atoms with Crippen LogP contribution in [0.5, 0.6) is 5.75 Å². The van der Waals surface area contributed by atoms with Crippen molar-refractivity contribution in [3.63, 3.8) is 0 Å². The summed E-state index contributed by atoms with van der Waals surface area (Å²) in [6.45, 7) is 0. The van der Waals surface area contributed by atoms with Crippen LogP contribution in [0.4, 0.5) is 0 Å². The summed E-state index contributed by atoms with van der Waals surface area (Å²) >= 11 is 5.86. The fraction of sp³-hybridized carbons (Fsp3) is 0.0714. The first-order chi connectivity index (χ1) is 8.20. The molecule has 0 amide bonds. The SMILES string of the molecule is COc1cccc(C(=O)c2cccc(Cl)c2)c1. The van der Waals surface area contributed by atoms with Crippen molar-refractivity contribution >= 4 is 17.4 Å². The quantitative estimate of drug-likeness (QED) is 0.774. The fourth-order valence-corrected chi connectivity index (χ4v) is 1.75. The number of rotatable bonds is 3. The van der Waals surface area contributed by atoms with E-state index in [-0.39, 0.29) is 5.78 Å². The van der Waals surface area contributed by atoms with Gasteiger partial charge in [0.1, 0.15) is 5.75 Å². The first-order valence-electron chi connectivity index (χ1n) is 5.15. The predicted molar refractivity (Wildman–Crippen MR) is 67.9 cm³/mol. The number of hydrogen-bond donors (Lipinski definition) is 0. The highest BCUT2D eigenvalue weighted by atomic mass is 35.5. The molecule has 2 nitrogen and oxygen atoms in total. The van der Waals surface area contributed by atoms with Crippen molar-refractivity contribution in [1.29, 1.82) is 0 Å². The Bertz CT molecular complexity index is 549. The smallest absolute Gasteiger partial charge is 0.193 e. The van der Waals surface area contributed by atoms with E-state index in [0.29, 0.717) is 21.9 Å². The molecule has 17 heavy (non-hydrogen) atoms. The Morgan fingerprint density at radius 3 is 2.35 bits per heavy atom. The van der Waals surface area contributed by atoms with Crippen molar-refractivity contribution in [3.05, 3.63) is 64.7 Å². The molecule has 0 aromatic heterocycles. The largest absolute Gasteiger partial charge is 0.497 e. The summed E-state index contributed by atoms with van der Waals surface area (Å²) in [6, 6.07) is 14.0. The molecule has 86 valence electrons. The molecule has 3 heteroatoms. The van der Waals surface area contributed by atoms with Gasteiger partial charge in [0, 0.05) is 16.1 Å². The van der Waals surface area contributed by atoms with E-state index in [1.165, 1.54) is 0 Å². The van der Waals surface area contributed by atoms with E-state index >= 15 is 0 Å². The number of hydrogen-bond acceptors (Lipinski definition) is 2. The molecule has 0 bridgehead atoms. The third-order valence-electron chi connectivity index (χ3n) is 2.42. The van der Waals surface area contributed by atoms with Gasteiger partial charge in [0.05, 0.1) is 7.11 Å². The lowest BCUT2D eigenvalue weighted by Gasteiger charge is -2.04. The average molecular weight is 247 g/mol. The topological polar surface area (TPSA) is 26.3 Å². The van der Waals surface area contributed by atoms with Gasteiger partial charge in [0.15, 0.2) is 5.78 Å². The second kappa shape index (κ2) is 5.02. The van der Waals surface area contributed by atoms with Crippen LogP contribution in [0, 0.1) is 0 Å². The van der Waals surface area contributed by atoms with Crippen LogP contribution >= 0.6 is 11.6 Å².